The first kappa shape index (κ1) is 23.0. The SMILES string of the molecule is COc1cc(CNC(=S)Nc2ccc(CSc3ccccc3)cc2)ccc1OC(C)C. The molecule has 2 N–H and O–H groups in total. The van der Waals surface area contributed by atoms with Crippen LogP contribution in [0.25, 0.3) is 0 Å². The first-order valence-electron chi connectivity index (χ1n) is 10.2. The van der Waals surface area contributed by atoms with Gasteiger partial charge in [-0.2, -0.15) is 0 Å². The predicted molar refractivity (Wildman–Crippen MR) is 134 cm³/mol. The van der Waals surface area contributed by atoms with Gasteiger partial charge in [0, 0.05) is 22.9 Å². The van der Waals surface area contributed by atoms with E-state index in [-0.39, 0.29) is 6.10 Å². The van der Waals surface area contributed by atoms with Gasteiger partial charge < -0.3 is 20.1 Å². The highest BCUT2D eigenvalue weighted by atomic mass is 32.2. The van der Waals surface area contributed by atoms with Gasteiger partial charge in [-0.3, -0.25) is 0 Å². The van der Waals surface area contributed by atoms with Gasteiger partial charge in [-0.1, -0.05) is 36.4 Å². The molecule has 0 aromatic heterocycles. The molecule has 0 amide bonds. The van der Waals surface area contributed by atoms with Gasteiger partial charge in [0.25, 0.3) is 0 Å². The molecular formula is C25H28N2O2S2. The molecule has 6 heteroatoms. The Bertz CT molecular complexity index is 977. The van der Waals surface area contributed by atoms with Gasteiger partial charge in [0.2, 0.25) is 0 Å². The highest BCUT2D eigenvalue weighted by Crippen LogP contribution is 2.29. The second kappa shape index (κ2) is 11.6. The number of hydrogen-bond donors (Lipinski definition) is 2. The van der Waals surface area contributed by atoms with Gasteiger partial charge in [-0.25, -0.2) is 0 Å². The van der Waals surface area contributed by atoms with Crippen LogP contribution in [-0.4, -0.2) is 18.3 Å². The van der Waals surface area contributed by atoms with E-state index in [1.165, 1.54) is 10.5 Å². The first-order chi connectivity index (χ1) is 15.0. The van der Waals surface area contributed by atoms with E-state index >= 15 is 0 Å². The maximum atomic E-state index is 5.76. The molecule has 0 unspecified atom stereocenters. The zero-order valence-corrected chi connectivity index (χ0v) is 19.7. The molecule has 0 atom stereocenters. The van der Waals surface area contributed by atoms with Crippen LogP contribution in [0, 0.1) is 0 Å². The fourth-order valence-corrected chi connectivity index (χ4v) is 3.96. The summed E-state index contributed by atoms with van der Waals surface area (Å²) in [6.07, 6.45) is 0.0953. The number of anilines is 1. The zero-order valence-electron chi connectivity index (χ0n) is 18.1. The summed E-state index contributed by atoms with van der Waals surface area (Å²) in [6, 6.07) is 24.7. The van der Waals surface area contributed by atoms with Crippen molar-refractivity contribution >= 4 is 34.8 Å². The molecule has 0 aliphatic rings. The summed E-state index contributed by atoms with van der Waals surface area (Å²) in [4.78, 5) is 1.27. The Morgan fingerprint density at radius 3 is 2.32 bits per heavy atom. The average molecular weight is 453 g/mol. The second-order valence-corrected chi connectivity index (χ2v) is 8.72. The molecule has 0 bridgehead atoms. The van der Waals surface area contributed by atoms with Crippen molar-refractivity contribution < 1.29 is 9.47 Å². The number of benzene rings is 3. The number of rotatable bonds is 9. The Balaban J connectivity index is 1.48. The van der Waals surface area contributed by atoms with Crippen molar-refractivity contribution in [1.29, 1.82) is 0 Å². The Morgan fingerprint density at radius 1 is 0.935 bits per heavy atom. The first-order valence-corrected chi connectivity index (χ1v) is 11.6. The van der Waals surface area contributed by atoms with E-state index in [4.69, 9.17) is 21.7 Å². The van der Waals surface area contributed by atoms with Crippen molar-refractivity contribution in [3.8, 4) is 11.5 Å². The maximum Gasteiger partial charge on any atom is 0.171 e. The van der Waals surface area contributed by atoms with Crippen molar-refractivity contribution in [3.05, 3.63) is 83.9 Å². The molecule has 0 saturated heterocycles. The van der Waals surface area contributed by atoms with Gasteiger partial charge in [0.1, 0.15) is 0 Å². The van der Waals surface area contributed by atoms with Gasteiger partial charge >= 0.3 is 0 Å². The van der Waals surface area contributed by atoms with Crippen LogP contribution >= 0.6 is 24.0 Å². The van der Waals surface area contributed by atoms with Crippen LogP contribution in [0.4, 0.5) is 5.69 Å². The minimum atomic E-state index is 0.0953. The average Bonchev–Trinajstić information content (AvgIpc) is 2.78. The van der Waals surface area contributed by atoms with Crippen LogP contribution in [0.15, 0.2) is 77.7 Å². The number of ether oxygens (including phenoxy) is 2. The molecule has 0 saturated carbocycles. The van der Waals surface area contributed by atoms with Crippen molar-refractivity contribution in [2.75, 3.05) is 12.4 Å². The lowest BCUT2D eigenvalue weighted by Crippen LogP contribution is -2.27. The van der Waals surface area contributed by atoms with E-state index in [2.05, 4.69) is 59.2 Å². The van der Waals surface area contributed by atoms with Gasteiger partial charge in [-0.05, 0) is 73.6 Å². The Labute approximate surface area is 194 Å². The molecule has 3 aromatic carbocycles. The lowest BCUT2D eigenvalue weighted by atomic mass is 10.2. The molecule has 0 aliphatic heterocycles. The fraction of sp³-hybridized carbons (Fsp3) is 0.240. The van der Waals surface area contributed by atoms with Gasteiger partial charge in [-0.15, -0.1) is 11.8 Å². The van der Waals surface area contributed by atoms with Crippen molar-refractivity contribution in [2.24, 2.45) is 0 Å². The Hall–Kier alpha value is -2.70. The van der Waals surface area contributed by atoms with E-state index in [1.807, 2.05) is 49.9 Å². The molecule has 0 aliphatic carbocycles. The van der Waals surface area contributed by atoms with Crippen LogP contribution in [0.5, 0.6) is 11.5 Å². The Morgan fingerprint density at radius 2 is 1.65 bits per heavy atom. The molecule has 4 nitrogen and oxygen atoms in total. The van der Waals surface area contributed by atoms with E-state index in [9.17, 15) is 0 Å². The quantitative estimate of drug-likeness (QED) is 0.295. The molecule has 0 spiro atoms. The summed E-state index contributed by atoms with van der Waals surface area (Å²) in [5, 5.41) is 7.05. The predicted octanol–water partition coefficient (Wildman–Crippen LogP) is 6.26. The molecule has 31 heavy (non-hydrogen) atoms. The van der Waals surface area contributed by atoms with E-state index in [1.54, 1.807) is 7.11 Å². The summed E-state index contributed by atoms with van der Waals surface area (Å²) in [5.74, 6) is 2.40. The lowest BCUT2D eigenvalue weighted by molar-refractivity contribution is 0.230. The number of thioether (sulfide) groups is 1. The van der Waals surface area contributed by atoms with E-state index in [0.717, 1.165) is 28.5 Å². The number of thiocarbonyl (C=S) groups is 1. The third-order valence-corrected chi connectivity index (χ3v) is 5.73. The molecule has 0 heterocycles. The highest BCUT2D eigenvalue weighted by Gasteiger charge is 2.08. The van der Waals surface area contributed by atoms with Crippen LogP contribution < -0.4 is 20.1 Å². The zero-order chi connectivity index (χ0) is 22.1. The lowest BCUT2D eigenvalue weighted by Gasteiger charge is -2.15. The van der Waals surface area contributed by atoms with Crippen LogP contribution in [0.2, 0.25) is 0 Å². The molecule has 162 valence electrons. The molecule has 0 radical (unpaired) electrons. The molecule has 3 aromatic rings. The minimum Gasteiger partial charge on any atom is -0.493 e. The minimum absolute atomic E-state index is 0.0953. The third-order valence-electron chi connectivity index (χ3n) is 4.40. The van der Waals surface area contributed by atoms with Gasteiger partial charge in [0.05, 0.1) is 13.2 Å². The monoisotopic (exact) mass is 452 g/mol. The highest BCUT2D eigenvalue weighted by molar-refractivity contribution is 7.98. The van der Waals surface area contributed by atoms with Crippen LogP contribution in [-0.2, 0) is 12.3 Å². The largest absolute Gasteiger partial charge is 0.493 e. The fourth-order valence-electron chi connectivity index (χ4n) is 2.90. The van der Waals surface area contributed by atoms with Crippen molar-refractivity contribution in [3.63, 3.8) is 0 Å². The summed E-state index contributed by atoms with van der Waals surface area (Å²) < 4.78 is 11.2. The van der Waals surface area contributed by atoms with Gasteiger partial charge in [0.15, 0.2) is 16.6 Å². The maximum absolute atomic E-state index is 5.76. The smallest absolute Gasteiger partial charge is 0.171 e. The third kappa shape index (κ3) is 7.49. The summed E-state index contributed by atoms with van der Waals surface area (Å²) >= 11 is 7.27. The number of hydrogen-bond acceptors (Lipinski definition) is 4. The van der Waals surface area contributed by atoms with E-state index < -0.39 is 0 Å². The van der Waals surface area contributed by atoms with E-state index in [0.29, 0.717) is 11.7 Å². The van der Waals surface area contributed by atoms with Crippen molar-refractivity contribution in [1.82, 2.24) is 5.32 Å². The second-order valence-electron chi connectivity index (χ2n) is 7.26. The normalized spacial score (nSPS) is 10.6. The topological polar surface area (TPSA) is 42.5 Å². The summed E-state index contributed by atoms with van der Waals surface area (Å²) in [6.45, 7) is 4.58. The Kier molecular flexibility index (Phi) is 8.62. The van der Waals surface area contributed by atoms with Crippen molar-refractivity contribution in [2.45, 2.75) is 37.1 Å². The standard InChI is InChI=1S/C25H28N2O2S2/c1-18(2)29-23-14-11-20(15-24(23)28-3)16-26-25(30)27-21-12-9-19(10-13-21)17-31-22-7-5-4-6-8-22/h4-15,18H,16-17H2,1-3H3,(H2,26,27,30). The number of methoxy groups -OCH3 is 1. The summed E-state index contributed by atoms with van der Waals surface area (Å²) in [5.41, 5.74) is 3.30. The summed E-state index contributed by atoms with van der Waals surface area (Å²) in [7, 11) is 1.65. The molecule has 0 fully saturated rings. The van der Waals surface area contributed by atoms with Crippen LogP contribution in [0.3, 0.4) is 0 Å². The number of nitrogens with one attached hydrogen (secondary N) is 2. The van der Waals surface area contributed by atoms with Crippen LogP contribution in [0.1, 0.15) is 25.0 Å². The molecule has 3 rings (SSSR count). The molecular weight excluding hydrogens is 424 g/mol.